The van der Waals surface area contributed by atoms with E-state index >= 15 is 0 Å². The van der Waals surface area contributed by atoms with Gasteiger partial charge >= 0.3 is 0 Å². The number of carbonyl (C=O) groups excluding carboxylic acids is 1. The molecule has 0 aromatic heterocycles. The van der Waals surface area contributed by atoms with Gasteiger partial charge in [-0.2, -0.15) is 0 Å². The average Bonchev–Trinajstić information content (AvgIpc) is 2.46. The van der Waals surface area contributed by atoms with Crippen molar-refractivity contribution in [3.63, 3.8) is 0 Å². The molecule has 0 aliphatic rings. The second-order valence-corrected chi connectivity index (χ2v) is 6.53. The lowest BCUT2D eigenvalue weighted by Crippen LogP contribution is -2.11. The van der Waals surface area contributed by atoms with Crippen LogP contribution in [0.1, 0.15) is 70.2 Å². The summed E-state index contributed by atoms with van der Waals surface area (Å²) in [5.74, 6) is 1.17. The van der Waals surface area contributed by atoms with Gasteiger partial charge in [0, 0.05) is 11.5 Å². The van der Waals surface area contributed by atoms with Crippen molar-refractivity contribution in [3.8, 4) is 0 Å². The van der Waals surface area contributed by atoms with Crippen molar-refractivity contribution in [3.05, 3.63) is 47.5 Å². The summed E-state index contributed by atoms with van der Waals surface area (Å²) in [6.45, 7) is 8.69. The third-order valence-corrected chi connectivity index (χ3v) is 4.05. The average molecular weight is 286 g/mol. The maximum Gasteiger partial charge on any atom is 0.165 e. The van der Waals surface area contributed by atoms with Gasteiger partial charge in [0.15, 0.2) is 5.78 Å². The van der Waals surface area contributed by atoms with E-state index < -0.39 is 0 Å². The smallest absolute Gasteiger partial charge is 0.165 e. The Bertz CT molecular complexity index is 440. The van der Waals surface area contributed by atoms with Crippen LogP contribution in [0.2, 0.25) is 0 Å². The zero-order valence-electron chi connectivity index (χ0n) is 14.1. The van der Waals surface area contributed by atoms with Crippen molar-refractivity contribution in [2.75, 3.05) is 0 Å². The van der Waals surface area contributed by atoms with Gasteiger partial charge in [0.05, 0.1) is 0 Å². The standard InChI is InChI=1S/C20H30O/c1-16(2)10-8-11-17(3)12-9-13-18(4)20(21)19-14-6-5-7-15-19/h5-7,10,14-15,17-18H,8-9,11-13H2,1-4H3. The van der Waals surface area contributed by atoms with Gasteiger partial charge in [-0.15, -0.1) is 0 Å². The van der Waals surface area contributed by atoms with Gasteiger partial charge in [-0.05, 0) is 39.0 Å². The molecular weight excluding hydrogens is 256 g/mol. The molecule has 0 fully saturated rings. The number of hydrogen-bond donors (Lipinski definition) is 0. The summed E-state index contributed by atoms with van der Waals surface area (Å²) in [6.07, 6.45) is 8.13. The van der Waals surface area contributed by atoms with E-state index in [-0.39, 0.29) is 11.7 Å². The molecule has 0 aliphatic carbocycles. The van der Waals surface area contributed by atoms with E-state index in [1.165, 1.54) is 24.8 Å². The SMILES string of the molecule is CC(C)=CCCC(C)CCCC(C)C(=O)c1ccccc1. The molecule has 0 saturated heterocycles. The summed E-state index contributed by atoms with van der Waals surface area (Å²) in [5.41, 5.74) is 2.26. The van der Waals surface area contributed by atoms with E-state index in [0.29, 0.717) is 0 Å². The van der Waals surface area contributed by atoms with Crippen LogP contribution in [0.3, 0.4) is 0 Å². The lowest BCUT2D eigenvalue weighted by atomic mass is 9.91. The number of carbonyl (C=O) groups is 1. The highest BCUT2D eigenvalue weighted by molar-refractivity contribution is 5.97. The van der Waals surface area contributed by atoms with Crippen molar-refractivity contribution in [2.24, 2.45) is 11.8 Å². The van der Waals surface area contributed by atoms with Crippen LogP contribution in [0.5, 0.6) is 0 Å². The van der Waals surface area contributed by atoms with Gasteiger partial charge in [0.1, 0.15) is 0 Å². The number of allylic oxidation sites excluding steroid dienone is 2. The van der Waals surface area contributed by atoms with E-state index in [0.717, 1.165) is 24.3 Å². The van der Waals surface area contributed by atoms with Crippen molar-refractivity contribution in [1.82, 2.24) is 0 Å². The Kier molecular flexibility index (Phi) is 8.04. The molecular formula is C20H30O. The maximum atomic E-state index is 12.3. The van der Waals surface area contributed by atoms with Crippen LogP contribution >= 0.6 is 0 Å². The Morgan fingerprint density at radius 2 is 1.71 bits per heavy atom. The van der Waals surface area contributed by atoms with Crippen LogP contribution in [-0.4, -0.2) is 5.78 Å². The van der Waals surface area contributed by atoms with Crippen LogP contribution in [-0.2, 0) is 0 Å². The zero-order chi connectivity index (χ0) is 15.7. The topological polar surface area (TPSA) is 17.1 Å². The van der Waals surface area contributed by atoms with Gasteiger partial charge in [-0.25, -0.2) is 0 Å². The Balaban J connectivity index is 2.25. The molecule has 21 heavy (non-hydrogen) atoms. The minimum Gasteiger partial charge on any atom is -0.294 e. The largest absolute Gasteiger partial charge is 0.294 e. The van der Waals surface area contributed by atoms with Crippen LogP contribution in [0.25, 0.3) is 0 Å². The molecule has 1 aromatic carbocycles. The Labute approximate surface area is 130 Å². The van der Waals surface area contributed by atoms with Gasteiger partial charge in [-0.3, -0.25) is 4.79 Å². The summed E-state index contributed by atoms with van der Waals surface area (Å²) in [6, 6.07) is 9.66. The minimum atomic E-state index is 0.136. The van der Waals surface area contributed by atoms with Crippen molar-refractivity contribution in [2.45, 2.75) is 59.8 Å². The number of Topliss-reactive ketones (excluding diaryl/α,β-unsaturated/α-hetero) is 1. The maximum absolute atomic E-state index is 12.3. The molecule has 0 bridgehead atoms. The molecule has 0 N–H and O–H groups in total. The fourth-order valence-corrected chi connectivity index (χ4v) is 2.59. The summed E-state index contributed by atoms with van der Waals surface area (Å²) in [4.78, 5) is 12.3. The minimum absolute atomic E-state index is 0.136. The van der Waals surface area contributed by atoms with Crippen molar-refractivity contribution in [1.29, 1.82) is 0 Å². The molecule has 1 rings (SSSR count). The first kappa shape index (κ1) is 17.7. The molecule has 2 atom stereocenters. The summed E-state index contributed by atoms with van der Waals surface area (Å²) in [5, 5.41) is 0. The van der Waals surface area contributed by atoms with Gasteiger partial charge in [0.2, 0.25) is 0 Å². The monoisotopic (exact) mass is 286 g/mol. The number of benzene rings is 1. The Hall–Kier alpha value is -1.37. The molecule has 0 amide bonds. The molecule has 0 saturated carbocycles. The number of ketones is 1. The number of hydrogen-bond acceptors (Lipinski definition) is 1. The molecule has 0 heterocycles. The van der Waals surface area contributed by atoms with Gasteiger partial charge < -0.3 is 0 Å². The van der Waals surface area contributed by atoms with Crippen LogP contribution in [0, 0.1) is 11.8 Å². The Morgan fingerprint density at radius 1 is 1.05 bits per heavy atom. The van der Waals surface area contributed by atoms with E-state index in [1.807, 2.05) is 30.3 Å². The van der Waals surface area contributed by atoms with E-state index in [4.69, 9.17) is 0 Å². The highest BCUT2D eigenvalue weighted by Gasteiger charge is 2.14. The molecule has 1 heteroatoms. The lowest BCUT2D eigenvalue weighted by molar-refractivity contribution is 0.0921. The van der Waals surface area contributed by atoms with Crippen LogP contribution < -0.4 is 0 Å². The summed E-state index contributed by atoms with van der Waals surface area (Å²) < 4.78 is 0. The van der Waals surface area contributed by atoms with Crippen LogP contribution in [0.15, 0.2) is 42.0 Å². The molecule has 2 unspecified atom stereocenters. The van der Waals surface area contributed by atoms with Gasteiger partial charge in [-0.1, -0.05) is 68.7 Å². The molecule has 1 aromatic rings. The fraction of sp³-hybridized carbons (Fsp3) is 0.550. The van der Waals surface area contributed by atoms with Crippen LogP contribution in [0.4, 0.5) is 0 Å². The van der Waals surface area contributed by atoms with E-state index in [1.54, 1.807) is 0 Å². The summed E-state index contributed by atoms with van der Waals surface area (Å²) in [7, 11) is 0. The molecule has 116 valence electrons. The third kappa shape index (κ3) is 7.27. The van der Waals surface area contributed by atoms with E-state index in [2.05, 4.69) is 33.8 Å². The lowest BCUT2D eigenvalue weighted by Gasteiger charge is -2.13. The quantitative estimate of drug-likeness (QED) is 0.398. The fourth-order valence-electron chi connectivity index (χ4n) is 2.59. The molecule has 0 spiro atoms. The molecule has 0 radical (unpaired) electrons. The number of rotatable bonds is 9. The highest BCUT2D eigenvalue weighted by Crippen LogP contribution is 2.19. The first-order valence-electron chi connectivity index (χ1n) is 8.23. The second-order valence-electron chi connectivity index (χ2n) is 6.53. The Morgan fingerprint density at radius 3 is 2.33 bits per heavy atom. The predicted octanol–water partition coefficient (Wildman–Crippen LogP) is 6.06. The van der Waals surface area contributed by atoms with Gasteiger partial charge in [0.25, 0.3) is 0 Å². The molecule has 0 aliphatic heterocycles. The normalized spacial score (nSPS) is 13.5. The summed E-state index contributed by atoms with van der Waals surface area (Å²) >= 11 is 0. The predicted molar refractivity (Wildman–Crippen MR) is 91.6 cm³/mol. The molecule has 1 nitrogen and oxygen atoms in total. The van der Waals surface area contributed by atoms with Crippen molar-refractivity contribution >= 4 is 5.78 Å². The van der Waals surface area contributed by atoms with E-state index in [9.17, 15) is 4.79 Å². The third-order valence-electron chi connectivity index (χ3n) is 4.05. The van der Waals surface area contributed by atoms with Crippen molar-refractivity contribution < 1.29 is 4.79 Å². The zero-order valence-corrected chi connectivity index (χ0v) is 14.1. The second kappa shape index (κ2) is 9.55. The first-order chi connectivity index (χ1) is 10.0. The first-order valence-corrected chi connectivity index (χ1v) is 8.23. The highest BCUT2D eigenvalue weighted by atomic mass is 16.1.